The van der Waals surface area contributed by atoms with Crippen molar-refractivity contribution in [3.63, 3.8) is 0 Å². The summed E-state index contributed by atoms with van der Waals surface area (Å²) in [6, 6.07) is 5.81. The summed E-state index contributed by atoms with van der Waals surface area (Å²) in [5, 5.41) is 0.637. The van der Waals surface area contributed by atoms with Crippen LogP contribution >= 0.6 is 11.3 Å². The summed E-state index contributed by atoms with van der Waals surface area (Å²) in [7, 11) is 0. The van der Waals surface area contributed by atoms with Gasteiger partial charge in [0.1, 0.15) is 27.1 Å². The zero-order valence-corrected chi connectivity index (χ0v) is 14.2. The van der Waals surface area contributed by atoms with Gasteiger partial charge in [0.2, 0.25) is 5.88 Å². The van der Waals surface area contributed by atoms with E-state index in [0.717, 1.165) is 0 Å². The van der Waals surface area contributed by atoms with Gasteiger partial charge in [-0.1, -0.05) is 6.07 Å². The Labute approximate surface area is 142 Å². The second kappa shape index (κ2) is 6.52. The molecule has 0 saturated heterocycles. The second-order valence-electron chi connectivity index (χ2n) is 5.09. The molecule has 0 bridgehead atoms. The molecule has 0 aliphatic rings. The minimum atomic E-state index is -0.399. The number of fused-ring (bicyclic) bond motifs is 1. The van der Waals surface area contributed by atoms with Crippen LogP contribution in [0.1, 0.15) is 28.0 Å². The van der Waals surface area contributed by atoms with E-state index in [4.69, 9.17) is 9.47 Å². The lowest BCUT2D eigenvalue weighted by Crippen LogP contribution is -2.03. The van der Waals surface area contributed by atoms with Gasteiger partial charge in [0.25, 0.3) is 0 Å². The Morgan fingerprint density at radius 2 is 2.08 bits per heavy atom. The lowest BCUT2D eigenvalue weighted by molar-refractivity contribution is 0.0531. The van der Waals surface area contributed by atoms with Crippen molar-refractivity contribution in [3.8, 4) is 11.6 Å². The van der Waals surface area contributed by atoms with Crippen molar-refractivity contribution >= 4 is 27.5 Å². The highest BCUT2D eigenvalue weighted by atomic mass is 32.1. The van der Waals surface area contributed by atoms with Crippen molar-refractivity contribution in [2.24, 2.45) is 0 Å². The summed E-state index contributed by atoms with van der Waals surface area (Å²) < 4.78 is 24.2. The third-order valence-corrected chi connectivity index (χ3v) is 4.51. The lowest BCUT2D eigenvalue weighted by Gasteiger charge is -2.07. The molecule has 0 spiro atoms. The number of aromatic nitrogens is 2. The number of rotatable bonds is 4. The number of ether oxygens (including phenoxy) is 2. The summed E-state index contributed by atoms with van der Waals surface area (Å²) in [6.07, 6.45) is 0. The minimum Gasteiger partial charge on any atom is -0.462 e. The molecule has 0 radical (unpaired) electrons. The molecule has 0 saturated carbocycles. The van der Waals surface area contributed by atoms with Crippen LogP contribution in [0.4, 0.5) is 4.39 Å². The van der Waals surface area contributed by atoms with Crippen molar-refractivity contribution < 1.29 is 18.7 Å². The Bertz CT molecular complexity index is 924. The van der Waals surface area contributed by atoms with Crippen molar-refractivity contribution in [1.82, 2.24) is 9.97 Å². The standard InChI is InChI=1S/C17H15FN2O3S/c1-4-22-17(21)14-9(2)13-15(19-10(3)20-16(13)24-14)23-12-7-5-6-11(18)8-12/h5-8H,4H2,1-3H3. The third-order valence-electron chi connectivity index (χ3n) is 3.34. The van der Waals surface area contributed by atoms with E-state index in [2.05, 4.69) is 9.97 Å². The van der Waals surface area contributed by atoms with Gasteiger partial charge in [-0.3, -0.25) is 0 Å². The predicted octanol–water partition coefficient (Wildman–Crippen LogP) is 4.42. The summed E-state index contributed by atoms with van der Waals surface area (Å²) >= 11 is 1.23. The normalized spacial score (nSPS) is 10.8. The molecular formula is C17H15FN2O3S. The van der Waals surface area contributed by atoms with Gasteiger partial charge in [0.15, 0.2) is 0 Å². The van der Waals surface area contributed by atoms with Crippen molar-refractivity contribution in [2.45, 2.75) is 20.8 Å². The van der Waals surface area contributed by atoms with Crippen LogP contribution in [0.15, 0.2) is 24.3 Å². The van der Waals surface area contributed by atoms with E-state index in [-0.39, 0.29) is 0 Å². The number of nitrogens with zero attached hydrogens (tertiary/aromatic N) is 2. The van der Waals surface area contributed by atoms with Crippen molar-refractivity contribution in [1.29, 1.82) is 0 Å². The van der Waals surface area contributed by atoms with Gasteiger partial charge < -0.3 is 9.47 Å². The van der Waals surface area contributed by atoms with Crippen LogP contribution in [0.25, 0.3) is 10.2 Å². The van der Waals surface area contributed by atoms with E-state index in [0.29, 0.717) is 44.7 Å². The molecule has 2 heterocycles. The Morgan fingerprint density at radius 1 is 1.29 bits per heavy atom. The van der Waals surface area contributed by atoms with Gasteiger partial charge in [-0.25, -0.2) is 14.2 Å². The molecule has 3 rings (SSSR count). The average Bonchev–Trinajstić information content (AvgIpc) is 2.84. The predicted molar refractivity (Wildman–Crippen MR) is 89.3 cm³/mol. The minimum absolute atomic E-state index is 0.296. The number of carbonyl (C=O) groups excluding carboxylic acids is 1. The van der Waals surface area contributed by atoms with Gasteiger partial charge in [0, 0.05) is 6.07 Å². The number of aryl methyl sites for hydroxylation is 2. The van der Waals surface area contributed by atoms with E-state index >= 15 is 0 Å². The summed E-state index contributed by atoms with van der Waals surface area (Å²) in [4.78, 5) is 21.9. The first-order chi connectivity index (χ1) is 11.5. The molecule has 3 aromatic rings. The number of hydrogen-bond acceptors (Lipinski definition) is 6. The second-order valence-corrected chi connectivity index (χ2v) is 6.09. The molecule has 2 aromatic heterocycles. The number of esters is 1. The average molecular weight is 346 g/mol. The van der Waals surface area contributed by atoms with Crippen molar-refractivity contribution in [3.05, 3.63) is 46.3 Å². The number of hydrogen-bond donors (Lipinski definition) is 0. The maximum absolute atomic E-state index is 13.4. The molecule has 0 aliphatic carbocycles. The molecule has 0 unspecified atom stereocenters. The smallest absolute Gasteiger partial charge is 0.348 e. The number of thiophene rings is 1. The highest BCUT2D eigenvalue weighted by Gasteiger charge is 2.22. The lowest BCUT2D eigenvalue weighted by atomic mass is 10.2. The maximum atomic E-state index is 13.4. The first kappa shape index (κ1) is 16.3. The van der Waals surface area contributed by atoms with E-state index in [1.165, 1.54) is 23.5 Å². The molecule has 0 N–H and O–H groups in total. The van der Waals surface area contributed by atoms with Gasteiger partial charge in [-0.15, -0.1) is 11.3 Å². The molecule has 1 aromatic carbocycles. The zero-order valence-electron chi connectivity index (χ0n) is 13.4. The zero-order chi connectivity index (χ0) is 17.3. The molecule has 0 aliphatic heterocycles. The number of halogens is 1. The Kier molecular flexibility index (Phi) is 4.44. The Balaban J connectivity index is 2.11. The molecule has 24 heavy (non-hydrogen) atoms. The van der Waals surface area contributed by atoms with Gasteiger partial charge >= 0.3 is 5.97 Å². The summed E-state index contributed by atoms with van der Waals surface area (Å²) in [5.74, 6) is 0.340. The number of carbonyl (C=O) groups is 1. The highest BCUT2D eigenvalue weighted by molar-refractivity contribution is 7.20. The van der Waals surface area contributed by atoms with E-state index in [1.54, 1.807) is 32.9 Å². The topological polar surface area (TPSA) is 61.3 Å². The van der Waals surface area contributed by atoms with Gasteiger partial charge in [-0.2, -0.15) is 4.98 Å². The van der Waals surface area contributed by atoms with Crippen LogP contribution in [0.2, 0.25) is 0 Å². The van der Waals surface area contributed by atoms with Crippen LogP contribution in [-0.2, 0) is 4.74 Å². The molecule has 5 nitrogen and oxygen atoms in total. The van der Waals surface area contributed by atoms with E-state index < -0.39 is 11.8 Å². The SMILES string of the molecule is CCOC(=O)c1sc2nc(C)nc(Oc3cccc(F)c3)c2c1C. The Morgan fingerprint density at radius 3 is 2.79 bits per heavy atom. The molecule has 0 atom stereocenters. The van der Waals surface area contributed by atoms with E-state index in [9.17, 15) is 9.18 Å². The fraction of sp³-hybridized carbons (Fsp3) is 0.235. The van der Waals surface area contributed by atoms with Crippen LogP contribution < -0.4 is 4.74 Å². The molecule has 0 amide bonds. The third kappa shape index (κ3) is 3.07. The van der Waals surface area contributed by atoms with Gasteiger partial charge in [0.05, 0.1) is 12.0 Å². The fourth-order valence-corrected chi connectivity index (χ4v) is 3.42. The van der Waals surface area contributed by atoms with Crippen molar-refractivity contribution in [2.75, 3.05) is 6.61 Å². The van der Waals surface area contributed by atoms with Crippen LogP contribution in [0.3, 0.4) is 0 Å². The summed E-state index contributed by atoms with van der Waals surface area (Å²) in [6.45, 7) is 5.58. The fourth-order valence-electron chi connectivity index (χ4n) is 2.31. The Hall–Kier alpha value is -2.54. The molecular weight excluding hydrogens is 331 g/mol. The molecule has 124 valence electrons. The molecule has 7 heteroatoms. The number of benzene rings is 1. The molecule has 0 fully saturated rings. The van der Waals surface area contributed by atoms with Crippen LogP contribution in [-0.4, -0.2) is 22.5 Å². The first-order valence-corrected chi connectivity index (χ1v) is 8.19. The first-order valence-electron chi connectivity index (χ1n) is 7.38. The maximum Gasteiger partial charge on any atom is 0.348 e. The monoisotopic (exact) mass is 346 g/mol. The largest absolute Gasteiger partial charge is 0.462 e. The van der Waals surface area contributed by atoms with Gasteiger partial charge in [-0.05, 0) is 38.5 Å². The highest BCUT2D eigenvalue weighted by Crippen LogP contribution is 2.37. The summed E-state index contributed by atoms with van der Waals surface area (Å²) in [5.41, 5.74) is 0.694. The van der Waals surface area contributed by atoms with E-state index in [1.807, 2.05) is 0 Å². The quantitative estimate of drug-likeness (QED) is 0.655. The van der Waals surface area contributed by atoms with Crippen LogP contribution in [0.5, 0.6) is 11.6 Å². The van der Waals surface area contributed by atoms with Crippen LogP contribution in [0, 0.1) is 19.7 Å².